The number of phenols is 1. The van der Waals surface area contributed by atoms with Gasteiger partial charge in [-0.1, -0.05) is 78.9 Å². The molecule has 0 radical (unpaired) electrons. The van der Waals surface area contributed by atoms with Gasteiger partial charge in [-0.05, 0) is 46.5 Å². The Bertz CT molecular complexity index is 1650. The molecule has 8 rings (SSSR count). The van der Waals surface area contributed by atoms with Crippen molar-refractivity contribution in [3.63, 3.8) is 0 Å². The van der Waals surface area contributed by atoms with E-state index in [0.29, 0.717) is 5.69 Å². The Balaban J connectivity index is 1.41. The van der Waals surface area contributed by atoms with Crippen LogP contribution in [0.1, 0.15) is 38.5 Å². The van der Waals surface area contributed by atoms with Crippen LogP contribution < -0.4 is 10.3 Å². The third-order valence-electron chi connectivity index (χ3n) is 8.28. The highest BCUT2D eigenvalue weighted by molar-refractivity contribution is 6.25. The van der Waals surface area contributed by atoms with E-state index in [4.69, 9.17) is 0 Å². The van der Waals surface area contributed by atoms with E-state index in [0.717, 1.165) is 22.3 Å². The van der Waals surface area contributed by atoms with Crippen molar-refractivity contribution in [3.8, 4) is 5.75 Å². The second kappa shape index (κ2) is 8.49. The number of nitrogens with one attached hydrogen (secondary N) is 1. The number of anilines is 1. The van der Waals surface area contributed by atoms with Crippen molar-refractivity contribution in [1.82, 2.24) is 5.43 Å². The van der Waals surface area contributed by atoms with Gasteiger partial charge in [-0.2, -0.15) is 5.10 Å². The maximum atomic E-state index is 14.3. The fourth-order valence-electron chi connectivity index (χ4n) is 6.80. The Morgan fingerprint density at radius 3 is 2.05 bits per heavy atom. The second-order valence-corrected chi connectivity index (χ2v) is 10.1. The summed E-state index contributed by atoms with van der Waals surface area (Å²) in [6.07, 6.45) is 1.61. The van der Waals surface area contributed by atoms with Crippen LogP contribution in [0.25, 0.3) is 0 Å². The van der Waals surface area contributed by atoms with E-state index >= 15 is 0 Å². The zero-order valence-corrected chi connectivity index (χ0v) is 20.7. The molecule has 0 aromatic heterocycles. The first-order chi connectivity index (χ1) is 19.0. The normalized spacial score (nSPS) is 24.4. The fourth-order valence-corrected chi connectivity index (χ4v) is 6.80. The minimum absolute atomic E-state index is 0.0838. The van der Waals surface area contributed by atoms with E-state index in [9.17, 15) is 19.5 Å². The Labute approximate surface area is 224 Å². The summed E-state index contributed by atoms with van der Waals surface area (Å²) < 4.78 is 0. The minimum atomic E-state index is -1.09. The number of carbonyl (C=O) groups excluding carboxylic acids is 3. The van der Waals surface area contributed by atoms with Crippen LogP contribution in [0.15, 0.2) is 108 Å². The molecule has 1 aliphatic heterocycles. The van der Waals surface area contributed by atoms with E-state index in [1.54, 1.807) is 30.5 Å². The number of hydrogen-bond acceptors (Lipinski definition) is 5. The SMILES string of the molecule is O=C(NN=CC12c3ccccc3C(c3ccccc31)C1C(=O)N(c3ccccc3)C(=O)C12)c1ccccc1O. The third kappa shape index (κ3) is 3.10. The number of benzene rings is 4. The molecular formula is C32H23N3O4. The van der Waals surface area contributed by atoms with Crippen LogP contribution in [0.2, 0.25) is 0 Å². The lowest BCUT2D eigenvalue weighted by Crippen LogP contribution is -2.54. The average Bonchev–Trinajstić information content (AvgIpc) is 3.24. The van der Waals surface area contributed by atoms with Crippen LogP contribution in [0.3, 0.4) is 0 Å². The number of hydrogen-bond donors (Lipinski definition) is 2. The van der Waals surface area contributed by atoms with Gasteiger partial charge in [-0.3, -0.25) is 14.4 Å². The van der Waals surface area contributed by atoms with Gasteiger partial charge in [0, 0.05) is 12.1 Å². The van der Waals surface area contributed by atoms with Crippen molar-refractivity contribution in [3.05, 3.63) is 131 Å². The number of carbonyl (C=O) groups is 3. The van der Waals surface area contributed by atoms with Gasteiger partial charge in [0.15, 0.2) is 0 Å². The summed E-state index contributed by atoms with van der Waals surface area (Å²) in [5.41, 5.74) is 5.81. The largest absolute Gasteiger partial charge is 0.507 e. The molecule has 0 spiro atoms. The maximum Gasteiger partial charge on any atom is 0.275 e. The highest BCUT2D eigenvalue weighted by atomic mass is 16.3. The predicted octanol–water partition coefficient (Wildman–Crippen LogP) is 4.36. The van der Waals surface area contributed by atoms with Gasteiger partial charge >= 0.3 is 0 Å². The molecule has 4 aliphatic rings. The number of hydrazone groups is 1. The lowest BCUT2D eigenvalue weighted by Gasteiger charge is -2.52. The molecule has 2 N–H and O–H groups in total. The highest BCUT2D eigenvalue weighted by Crippen LogP contribution is 2.63. The van der Waals surface area contributed by atoms with Crippen LogP contribution >= 0.6 is 0 Å². The summed E-state index contributed by atoms with van der Waals surface area (Å²) in [5.74, 6) is -2.91. The Hall–Kier alpha value is -5.04. The summed E-state index contributed by atoms with van der Waals surface area (Å²) in [6, 6.07) is 30.9. The molecule has 1 heterocycles. The first kappa shape index (κ1) is 23.1. The number of nitrogens with zero attached hydrogens (tertiary/aromatic N) is 2. The lowest BCUT2D eigenvalue weighted by atomic mass is 9.47. The number of rotatable bonds is 4. The fraction of sp³-hybridized carbons (Fsp3) is 0.125. The molecule has 7 heteroatoms. The van der Waals surface area contributed by atoms with Crippen LogP contribution in [0, 0.1) is 11.8 Å². The van der Waals surface area contributed by atoms with Crippen molar-refractivity contribution >= 4 is 29.6 Å². The quantitative estimate of drug-likeness (QED) is 0.241. The number of phenolic OH excluding ortho intramolecular Hbond substituents is 1. The Morgan fingerprint density at radius 2 is 1.38 bits per heavy atom. The average molecular weight is 514 g/mol. The molecular weight excluding hydrogens is 490 g/mol. The summed E-state index contributed by atoms with van der Waals surface area (Å²) in [7, 11) is 0. The van der Waals surface area contributed by atoms with E-state index in [1.165, 1.54) is 17.0 Å². The van der Waals surface area contributed by atoms with Crippen molar-refractivity contribution in [2.24, 2.45) is 16.9 Å². The zero-order chi connectivity index (χ0) is 26.7. The molecule has 2 unspecified atom stereocenters. The molecule has 190 valence electrons. The topological polar surface area (TPSA) is 99.1 Å². The van der Waals surface area contributed by atoms with Gasteiger partial charge in [-0.25, -0.2) is 10.3 Å². The minimum Gasteiger partial charge on any atom is -0.507 e. The van der Waals surface area contributed by atoms with E-state index in [-0.39, 0.29) is 29.0 Å². The first-order valence-corrected chi connectivity index (χ1v) is 12.8. The molecule has 3 amide bonds. The number of amides is 3. The second-order valence-electron chi connectivity index (χ2n) is 10.1. The summed E-state index contributed by atoms with van der Waals surface area (Å²) >= 11 is 0. The van der Waals surface area contributed by atoms with Crippen molar-refractivity contribution in [2.75, 3.05) is 4.90 Å². The molecule has 2 atom stereocenters. The monoisotopic (exact) mass is 513 g/mol. The van der Waals surface area contributed by atoms with E-state index < -0.39 is 23.2 Å². The van der Waals surface area contributed by atoms with Crippen LogP contribution in [-0.4, -0.2) is 29.0 Å². The zero-order valence-electron chi connectivity index (χ0n) is 20.7. The van der Waals surface area contributed by atoms with Gasteiger partial charge in [0.2, 0.25) is 11.8 Å². The summed E-state index contributed by atoms with van der Waals surface area (Å²) in [6.45, 7) is 0. The van der Waals surface area contributed by atoms with Gasteiger partial charge in [-0.15, -0.1) is 0 Å². The van der Waals surface area contributed by atoms with E-state index in [2.05, 4.69) is 10.5 Å². The summed E-state index contributed by atoms with van der Waals surface area (Å²) in [4.78, 5) is 42.5. The molecule has 1 saturated heterocycles. The number of aromatic hydroxyl groups is 1. The molecule has 1 fully saturated rings. The molecule has 3 aliphatic carbocycles. The smallest absolute Gasteiger partial charge is 0.275 e. The lowest BCUT2D eigenvalue weighted by molar-refractivity contribution is -0.122. The standard InChI is InChI=1S/C32H23N3O4/c36-25-17-9-6-14-22(25)29(37)34-33-18-32-23-15-7-4-12-20(23)26(21-13-5-8-16-24(21)32)27-28(32)31(39)35(30(27)38)19-10-2-1-3-11-19/h1-18,26-28,36H,(H,34,37). The highest BCUT2D eigenvalue weighted by Gasteiger charge is 2.68. The van der Waals surface area contributed by atoms with Gasteiger partial charge in [0.25, 0.3) is 5.91 Å². The number of imide groups is 1. The predicted molar refractivity (Wildman–Crippen MR) is 145 cm³/mol. The van der Waals surface area contributed by atoms with Crippen LogP contribution in [0.5, 0.6) is 5.75 Å². The molecule has 4 aromatic carbocycles. The Morgan fingerprint density at radius 1 is 0.795 bits per heavy atom. The van der Waals surface area contributed by atoms with E-state index in [1.807, 2.05) is 66.7 Å². The molecule has 2 bridgehead atoms. The number of para-hydroxylation sites is 2. The van der Waals surface area contributed by atoms with Crippen molar-refractivity contribution < 1.29 is 19.5 Å². The van der Waals surface area contributed by atoms with Crippen molar-refractivity contribution in [1.29, 1.82) is 0 Å². The maximum absolute atomic E-state index is 14.3. The Kier molecular flexibility index (Phi) is 5.03. The molecule has 4 aromatic rings. The van der Waals surface area contributed by atoms with Gasteiger partial charge in [0.05, 0.1) is 28.5 Å². The van der Waals surface area contributed by atoms with Crippen molar-refractivity contribution in [2.45, 2.75) is 11.3 Å². The molecule has 7 nitrogen and oxygen atoms in total. The van der Waals surface area contributed by atoms with Crippen LogP contribution in [-0.2, 0) is 15.0 Å². The molecule has 39 heavy (non-hydrogen) atoms. The van der Waals surface area contributed by atoms with Gasteiger partial charge < -0.3 is 5.11 Å². The first-order valence-electron chi connectivity index (χ1n) is 12.8. The molecule has 0 saturated carbocycles. The van der Waals surface area contributed by atoms with Crippen LogP contribution in [0.4, 0.5) is 5.69 Å². The summed E-state index contributed by atoms with van der Waals surface area (Å²) in [5, 5.41) is 14.5. The van der Waals surface area contributed by atoms with Gasteiger partial charge in [0.1, 0.15) is 5.75 Å². The third-order valence-corrected chi connectivity index (χ3v) is 8.28.